The van der Waals surface area contributed by atoms with Gasteiger partial charge in [-0.15, -0.1) is 0 Å². The summed E-state index contributed by atoms with van der Waals surface area (Å²) >= 11 is 0. The lowest BCUT2D eigenvalue weighted by molar-refractivity contribution is -0.130. The van der Waals surface area contributed by atoms with E-state index < -0.39 is 5.41 Å². The van der Waals surface area contributed by atoms with Crippen molar-refractivity contribution in [2.45, 2.75) is 26.2 Å². The third kappa shape index (κ3) is 4.19. The third-order valence-electron chi connectivity index (χ3n) is 6.29. The summed E-state index contributed by atoms with van der Waals surface area (Å²) < 4.78 is 0. The van der Waals surface area contributed by atoms with Gasteiger partial charge in [0.25, 0.3) is 5.91 Å². The van der Waals surface area contributed by atoms with Gasteiger partial charge < -0.3 is 10.6 Å². The lowest BCUT2D eigenvalue weighted by atomic mass is 9.72. The van der Waals surface area contributed by atoms with Gasteiger partial charge in [0.15, 0.2) is 0 Å². The lowest BCUT2D eigenvalue weighted by Crippen LogP contribution is -2.50. The molecule has 0 atom stereocenters. The zero-order valence-corrected chi connectivity index (χ0v) is 17.6. The number of amides is 2. The normalized spacial score (nSPS) is 15.5. The van der Waals surface area contributed by atoms with Crippen molar-refractivity contribution in [1.82, 2.24) is 14.9 Å². The Balaban J connectivity index is 1.57. The van der Waals surface area contributed by atoms with Crippen LogP contribution in [-0.4, -0.2) is 39.8 Å². The molecule has 6 heteroatoms. The highest BCUT2D eigenvalue weighted by Crippen LogP contribution is 2.38. The van der Waals surface area contributed by atoms with Crippen molar-refractivity contribution in [3.05, 3.63) is 83.9 Å². The molecule has 1 aliphatic rings. The highest BCUT2D eigenvalue weighted by atomic mass is 16.2. The number of hydrogen-bond acceptors (Lipinski definition) is 4. The smallest absolute Gasteiger partial charge is 0.274 e. The van der Waals surface area contributed by atoms with Crippen LogP contribution in [0.1, 0.15) is 34.5 Å². The van der Waals surface area contributed by atoms with Crippen molar-refractivity contribution in [3.63, 3.8) is 0 Å². The molecule has 2 N–H and O–H groups in total. The fourth-order valence-corrected chi connectivity index (χ4v) is 4.40. The van der Waals surface area contributed by atoms with Crippen LogP contribution >= 0.6 is 0 Å². The van der Waals surface area contributed by atoms with E-state index in [1.54, 1.807) is 4.90 Å². The molecule has 6 nitrogen and oxygen atoms in total. The molecule has 1 aliphatic heterocycles. The zero-order chi connectivity index (χ0) is 21.8. The van der Waals surface area contributed by atoms with E-state index in [9.17, 15) is 9.59 Å². The molecule has 1 fully saturated rings. The van der Waals surface area contributed by atoms with Crippen LogP contribution in [0.3, 0.4) is 0 Å². The Morgan fingerprint density at radius 3 is 2.32 bits per heavy atom. The van der Waals surface area contributed by atoms with Gasteiger partial charge in [0.2, 0.25) is 5.91 Å². The predicted molar refractivity (Wildman–Crippen MR) is 119 cm³/mol. The highest BCUT2D eigenvalue weighted by molar-refractivity contribution is 5.92. The van der Waals surface area contributed by atoms with Gasteiger partial charge in [-0.2, -0.15) is 0 Å². The maximum Gasteiger partial charge on any atom is 0.274 e. The number of primary amides is 1. The molecular weight excluding hydrogens is 388 g/mol. The molecule has 0 bridgehead atoms. The third-order valence-corrected chi connectivity index (χ3v) is 6.29. The quantitative estimate of drug-likeness (QED) is 0.693. The topological polar surface area (TPSA) is 89.2 Å². The van der Waals surface area contributed by atoms with E-state index in [1.165, 1.54) is 24.2 Å². The molecule has 158 valence electrons. The van der Waals surface area contributed by atoms with Crippen molar-refractivity contribution in [2.24, 2.45) is 11.1 Å². The molecule has 2 aromatic carbocycles. The number of likely N-dealkylation sites (tertiary alicyclic amines) is 1. The summed E-state index contributed by atoms with van der Waals surface area (Å²) in [6.45, 7) is 3.02. The van der Waals surface area contributed by atoms with E-state index >= 15 is 0 Å². The number of nitrogens with zero attached hydrogens (tertiary/aromatic N) is 3. The minimum absolute atomic E-state index is 0.161. The van der Waals surface area contributed by atoms with Gasteiger partial charge in [0.1, 0.15) is 5.69 Å². The number of carbonyl (C=O) groups is 2. The number of aromatic nitrogens is 2. The Bertz CT molecular complexity index is 1090. The molecule has 3 aromatic rings. The number of benzene rings is 2. The number of hydrogen-bond donors (Lipinski definition) is 1. The summed E-state index contributed by atoms with van der Waals surface area (Å²) in [5.41, 5.74) is 10.1. The molecule has 1 saturated heterocycles. The first-order chi connectivity index (χ1) is 15.0. The van der Waals surface area contributed by atoms with E-state index in [1.807, 2.05) is 24.3 Å². The van der Waals surface area contributed by atoms with Crippen LogP contribution in [-0.2, 0) is 11.2 Å². The van der Waals surface area contributed by atoms with Crippen LogP contribution in [0, 0.1) is 12.3 Å². The lowest BCUT2D eigenvalue weighted by Gasteiger charge is -2.40. The van der Waals surface area contributed by atoms with E-state index in [2.05, 4.69) is 41.2 Å². The summed E-state index contributed by atoms with van der Waals surface area (Å²) in [6.07, 6.45) is 6.12. The molecule has 0 saturated carbocycles. The van der Waals surface area contributed by atoms with Gasteiger partial charge in [-0.25, -0.2) is 4.98 Å². The second kappa shape index (κ2) is 8.68. The average Bonchev–Trinajstić information content (AvgIpc) is 2.80. The SMILES string of the molecule is Cc1ccccc1-c1ccccc1CC1(C(N)=O)CCN(C(=O)c2cnccn2)CC1. The van der Waals surface area contributed by atoms with Gasteiger partial charge in [0.05, 0.1) is 11.6 Å². The summed E-state index contributed by atoms with van der Waals surface area (Å²) in [4.78, 5) is 35.2. The molecule has 0 aliphatic carbocycles. The van der Waals surface area contributed by atoms with E-state index in [4.69, 9.17) is 5.73 Å². The second-order valence-corrected chi connectivity index (χ2v) is 8.18. The van der Waals surface area contributed by atoms with Crippen molar-refractivity contribution < 1.29 is 9.59 Å². The average molecular weight is 415 g/mol. The highest BCUT2D eigenvalue weighted by Gasteiger charge is 2.41. The van der Waals surface area contributed by atoms with Crippen LogP contribution in [0.5, 0.6) is 0 Å². The Morgan fingerprint density at radius 2 is 1.68 bits per heavy atom. The van der Waals surface area contributed by atoms with E-state index in [0.717, 1.165) is 16.7 Å². The molecule has 2 heterocycles. The van der Waals surface area contributed by atoms with E-state index in [-0.39, 0.29) is 11.8 Å². The minimum atomic E-state index is -0.683. The standard InChI is InChI=1S/C25H26N4O2/c1-18-6-2-4-8-20(18)21-9-5-3-7-19(21)16-25(24(26)31)10-14-29(15-11-25)23(30)22-17-27-12-13-28-22/h2-9,12-13,17H,10-11,14-16H2,1H3,(H2,26,31). The minimum Gasteiger partial charge on any atom is -0.369 e. The van der Waals surface area contributed by atoms with Crippen LogP contribution < -0.4 is 5.73 Å². The Kier molecular flexibility index (Phi) is 5.80. The van der Waals surface area contributed by atoms with Crippen LogP contribution in [0.2, 0.25) is 0 Å². The molecule has 31 heavy (non-hydrogen) atoms. The first kappa shape index (κ1) is 20.7. The van der Waals surface area contributed by atoms with Gasteiger partial charge >= 0.3 is 0 Å². The van der Waals surface area contributed by atoms with Gasteiger partial charge in [-0.3, -0.25) is 14.6 Å². The summed E-state index contributed by atoms with van der Waals surface area (Å²) in [7, 11) is 0. The Labute approximate surface area is 182 Å². The van der Waals surface area contributed by atoms with Gasteiger partial charge in [0, 0.05) is 25.5 Å². The monoisotopic (exact) mass is 414 g/mol. The summed E-state index contributed by atoms with van der Waals surface area (Å²) in [5.74, 6) is -0.467. The van der Waals surface area contributed by atoms with Crippen molar-refractivity contribution in [1.29, 1.82) is 0 Å². The fraction of sp³-hybridized carbons (Fsp3) is 0.280. The van der Waals surface area contributed by atoms with Crippen molar-refractivity contribution >= 4 is 11.8 Å². The molecule has 0 radical (unpaired) electrons. The van der Waals surface area contributed by atoms with Gasteiger partial charge in [-0.05, 0) is 48.4 Å². The first-order valence-electron chi connectivity index (χ1n) is 10.5. The molecule has 0 unspecified atom stereocenters. The number of aryl methyl sites for hydroxylation is 1. The van der Waals surface area contributed by atoms with Crippen LogP contribution in [0.4, 0.5) is 0 Å². The molecule has 4 rings (SSSR count). The van der Waals surface area contributed by atoms with Crippen molar-refractivity contribution in [2.75, 3.05) is 13.1 Å². The predicted octanol–water partition coefficient (Wildman–Crippen LogP) is 3.40. The number of carbonyl (C=O) groups excluding carboxylic acids is 2. The van der Waals surface area contributed by atoms with Crippen molar-refractivity contribution in [3.8, 4) is 11.1 Å². The maximum absolute atomic E-state index is 12.7. The molecular formula is C25H26N4O2. The fourth-order valence-electron chi connectivity index (χ4n) is 4.40. The zero-order valence-electron chi connectivity index (χ0n) is 17.6. The Hall–Kier alpha value is -3.54. The molecule has 0 spiro atoms. The number of piperidine rings is 1. The van der Waals surface area contributed by atoms with Crippen LogP contribution in [0.25, 0.3) is 11.1 Å². The maximum atomic E-state index is 12.7. The van der Waals surface area contributed by atoms with E-state index in [0.29, 0.717) is 38.0 Å². The van der Waals surface area contributed by atoms with Gasteiger partial charge in [-0.1, -0.05) is 48.5 Å². The number of rotatable bonds is 5. The summed E-state index contributed by atoms with van der Waals surface area (Å²) in [5, 5.41) is 0. The number of nitrogens with two attached hydrogens (primary N) is 1. The second-order valence-electron chi connectivity index (χ2n) is 8.18. The molecule has 1 aromatic heterocycles. The Morgan fingerprint density at radius 1 is 1.00 bits per heavy atom. The van der Waals surface area contributed by atoms with Crippen LogP contribution in [0.15, 0.2) is 67.1 Å². The summed E-state index contributed by atoms with van der Waals surface area (Å²) in [6, 6.07) is 16.4. The largest absolute Gasteiger partial charge is 0.369 e. The first-order valence-corrected chi connectivity index (χ1v) is 10.5. The molecule has 2 amide bonds.